The molecule has 0 unspecified atom stereocenters. The van der Waals surface area contributed by atoms with E-state index in [0.29, 0.717) is 11.3 Å². The van der Waals surface area contributed by atoms with Crippen molar-refractivity contribution in [3.05, 3.63) is 29.3 Å². The van der Waals surface area contributed by atoms with Crippen LogP contribution in [0.3, 0.4) is 0 Å². The van der Waals surface area contributed by atoms with Crippen LogP contribution in [0.2, 0.25) is 0 Å². The first-order valence-electron chi connectivity index (χ1n) is 6.50. The number of anilines is 1. The molecule has 0 saturated heterocycles. The topological polar surface area (TPSA) is 101 Å². The maximum atomic E-state index is 12.0. The third kappa shape index (κ3) is 2.55. The van der Waals surface area contributed by atoms with Crippen LogP contribution in [0.4, 0.5) is 5.69 Å². The summed E-state index contributed by atoms with van der Waals surface area (Å²) in [5, 5.41) is 4.86. The number of carbonyl (C=O) groups is 3. The van der Waals surface area contributed by atoms with Gasteiger partial charge in [0, 0.05) is 5.69 Å². The largest absolute Gasteiger partial charge is 0.325 e. The number of carbonyl (C=O) groups excluding carboxylic acids is 3. The molecule has 1 aromatic carbocycles. The predicted molar refractivity (Wildman–Crippen MR) is 74.3 cm³/mol. The normalized spacial score (nSPS) is 16.4. The highest BCUT2D eigenvalue weighted by molar-refractivity contribution is 6.22. The Bertz CT molecular complexity index is 583. The lowest BCUT2D eigenvalue weighted by Crippen LogP contribution is -2.40. The molecule has 0 spiro atoms. The van der Waals surface area contributed by atoms with E-state index in [9.17, 15) is 14.4 Å². The van der Waals surface area contributed by atoms with Gasteiger partial charge in [-0.05, 0) is 24.1 Å². The summed E-state index contributed by atoms with van der Waals surface area (Å²) in [5.74, 6) is -1.11. The summed E-state index contributed by atoms with van der Waals surface area (Å²) in [6.45, 7) is 3.86. The molecular formula is C14H17N3O3. The third-order valence-corrected chi connectivity index (χ3v) is 3.56. The number of benzene rings is 1. The van der Waals surface area contributed by atoms with Crippen LogP contribution in [-0.4, -0.2) is 23.8 Å². The fraction of sp³-hybridized carbons (Fsp3) is 0.357. The number of amides is 3. The molecule has 1 aromatic rings. The summed E-state index contributed by atoms with van der Waals surface area (Å²) in [7, 11) is 0. The standard InChI is InChI=1S/C14H17N3O3/c1-3-7(2)11(15)14(20)16-8-4-5-9-10(6-8)13(19)17-12(9)18/h4-7,11H,3,15H2,1-2H3,(H,16,20)(H,17,18,19)/t7-,11-/m0/s1. The van der Waals surface area contributed by atoms with Gasteiger partial charge in [-0.15, -0.1) is 0 Å². The molecule has 4 N–H and O–H groups in total. The van der Waals surface area contributed by atoms with Crippen LogP contribution in [0.1, 0.15) is 41.0 Å². The van der Waals surface area contributed by atoms with Gasteiger partial charge in [0.2, 0.25) is 5.91 Å². The van der Waals surface area contributed by atoms with E-state index in [-0.39, 0.29) is 17.4 Å². The first kappa shape index (κ1) is 14.2. The molecule has 1 aliphatic rings. The van der Waals surface area contributed by atoms with Crippen molar-refractivity contribution in [3.8, 4) is 0 Å². The number of fused-ring (bicyclic) bond motifs is 1. The van der Waals surface area contributed by atoms with Gasteiger partial charge < -0.3 is 11.1 Å². The quantitative estimate of drug-likeness (QED) is 0.710. The predicted octanol–water partition coefficient (Wildman–Crippen LogP) is 0.882. The number of nitrogens with one attached hydrogen (secondary N) is 2. The van der Waals surface area contributed by atoms with Crippen LogP contribution in [-0.2, 0) is 4.79 Å². The monoisotopic (exact) mass is 275 g/mol. The van der Waals surface area contributed by atoms with Crippen molar-refractivity contribution in [2.75, 3.05) is 5.32 Å². The molecule has 2 atom stereocenters. The summed E-state index contributed by atoms with van der Waals surface area (Å²) in [4.78, 5) is 34.9. The molecule has 0 radical (unpaired) electrons. The fourth-order valence-corrected chi connectivity index (χ4v) is 1.98. The Kier molecular flexibility index (Phi) is 3.85. The van der Waals surface area contributed by atoms with Gasteiger partial charge in [0.05, 0.1) is 17.2 Å². The van der Waals surface area contributed by atoms with Gasteiger partial charge in [-0.3, -0.25) is 19.7 Å². The minimum atomic E-state index is -0.608. The Morgan fingerprint density at radius 1 is 1.30 bits per heavy atom. The second-order valence-corrected chi connectivity index (χ2v) is 4.94. The number of rotatable bonds is 4. The highest BCUT2D eigenvalue weighted by atomic mass is 16.2. The van der Waals surface area contributed by atoms with Gasteiger partial charge >= 0.3 is 0 Å². The lowest BCUT2D eigenvalue weighted by molar-refractivity contribution is -0.118. The highest BCUT2D eigenvalue weighted by Gasteiger charge is 2.27. The number of hydrogen-bond donors (Lipinski definition) is 3. The van der Waals surface area contributed by atoms with E-state index in [2.05, 4.69) is 10.6 Å². The van der Waals surface area contributed by atoms with Gasteiger partial charge in [0.15, 0.2) is 0 Å². The molecule has 0 aliphatic carbocycles. The molecule has 6 nitrogen and oxygen atoms in total. The van der Waals surface area contributed by atoms with Crippen LogP contribution >= 0.6 is 0 Å². The van der Waals surface area contributed by atoms with Crippen molar-refractivity contribution >= 4 is 23.4 Å². The Morgan fingerprint density at radius 3 is 2.60 bits per heavy atom. The van der Waals surface area contributed by atoms with E-state index in [1.54, 1.807) is 6.07 Å². The SMILES string of the molecule is CC[C@H](C)[C@H](N)C(=O)Nc1ccc2c(c1)C(=O)NC2=O. The summed E-state index contributed by atoms with van der Waals surface area (Å²) >= 11 is 0. The molecule has 0 fully saturated rings. The van der Waals surface area contributed by atoms with Gasteiger partial charge in [0.25, 0.3) is 11.8 Å². The Hall–Kier alpha value is -2.21. The van der Waals surface area contributed by atoms with Crippen LogP contribution in [0.15, 0.2) is 18.2 Å². The first-order valence-corrected chi connectivity index (χ1v) is 6.50. The van der Waals surface area contributed by atoms with Crippen molar-refractivity contribution in [1.29, 1.82) is 0 Å². The van der Waals surface area contributed by atoms with Crippen molar-refractivity contribution in [1.82, 2.24) is 5.32 Å². The van der Waals surface area contributed by atoms with Gasteiger partial charge in [-0.1, -0.05) is 20.3 Å². The summed E-state index contributed by atoms with van der Waals surface area (Å²) in [6, 6.07) is 3.97. The minimum Gasteiger partial charge on any atom is -0.325 e. The van der Waals surface area contributed by atoms with Crippen molar-refractivity contribution in [2.45, 2.75) is 26.3 Å². The zero-order valence-corrected chi connectivity index (χ0v) is 11.4. The van der Waals surface area contributed by atoms with Gasteiger partial charge in [-0.25, -0.2) is 0 Å². The Morgan fingerprint density at radius 2 is 1.95 bits per heavy atom. The molecule has 0 bridgehead atoms. The number of nitrogens with two attached hydrogens (primary N) is 1. The molecule has 0 saturated carbocycles. The molecule has 2 rings (SSSR count). The smallest absolute Gasteiger partial charge is 0.259 e. The van der Waals surface area contributed by atoms with E-state index in [1.165, 1.54) is 12.1 Å². The van der Waals surface area contributed by atoms with E-state index in [1.807, 2.05) is 13.8 Å². The summed E-state index contributed by atoms with van der Waals surface area (Å²) < 4.78 is 0. The van der Waals surface area contributed by atoms with Crippen LogP contribution in [0, 0.1) is 5.92 Å². The molecule has 0 aromatic heterocycles. The molecule has 1 aliphatic heterocycles. The average molecular weight is 275 g/mol. The molecule has 3 amide bonds. The van der Waals surface area contributed by atoms with Gasteiger partial charge in [0.1, 0.15) is 0 Å². The minimum absolute atomic E-state index is 0.0642. The summed E-state index contributed by atoms with van der Waals surface area (Å²) in [5.41, 5.74) is 6.88. The first-order chi connectivity index (χ1) is 9.43. The van der Waals surface area contributed by atoms with E-state index < -0.39 is 17.9 Å². The highest BCUT2D eigenvalue weighted by Crippen LogP contribution is 2.20. The van der Waals surface area contributed by atoms with Crippen molar-refractivity contribution in [2.24, 2.45) is 11.7 Å². The fourth-order valence-electron chi connectivity index (χ4n) is 1.98. The van der Waals surface area contributed by atoms with E-state index in [0.717, 1.165) is 6.42 Å². The molecule has 20 heavy (non-hydrogen) atoms. The molecule has 1 heterocycles. The Balaban J connectivity index is 2.16. The molecule has 106 valence electrons. The van der Waals surface area contributed by atoms with E-state index in [4.69, 9.17) is 5.73 Å². The maximum Gasteiger partial charge on any atom is 0.259 e. The second kappa shape index (κ2) is 5.42. The van der Waals surface area contributed by atoms with Crippen LogP contribution < -0.4 is 16.4 Å². The average Bonchev–Trinajstić information content (AvgIpc) is 2.72. The van der Waals surface area contributed by atoms with Crippen molar-refractivity contribution in [3.63, 3.8) is 0 Å². The maximum absolute atomic E-state index is 12.0. The number of imide groups is 1. The summed E-state index contributed by atoms with van der Waals surface area (Å²) in [6.07, 6.45) is 0.801. The van der Waals surface area contributed by atoms with Gasteiger partial charge in [-0.2, -0.15) is 0 Å². The zero-order valence-electron chi connectivity index (χ0n) is 11.4. The zero-order chi connectivity index (χ0) is 14.9. The van der Waals surface area contributed by atoms with Crippen LogP contribution in [0.5, 0.6) is 0 Å². The van der Waals surface area contributed by atoms with Crippen LogP contribution in [0.25, 0.3) is 0 Å². The lowest BCUT2D eigenvalue weighted by atomic mass is 9.99. The third-order valence-electron chi connectivity index (χ3n) is 3.56. The Labute approximate surface area is 116 Å². The van der Waals surface area contributed by atoms with E-state index >= 15 is 0 Å². The number of hydrogen-bond acceptors (Lipinski definition) is 4. The lowest BCUT2D eigenvalue weighted by Gasteiger charge is -2.17. The molecule has 6 heteroatoms. The second-order valence-electron chi connectivity index (χ2n) is 4.94. The molecular weight excluding hydrogens is 258 g/mol. The van der Waals surface area contributed by atoms with Crippen molar-refractivity contribution < 1.29 is 14.4 Å².